The molecule has 0 spiro atoms. The maximum atomic E-state index is 13.1. The molecular weight excluding hydrogens is 560 g/mol. The van der Waals surface area contributed by atoms with E-state index in [0.29, 0.717) is 25.9 Å². The lowest BCUT2D eigenvalue weighted by atomic mass is 9.49. The zero-order valence-electron chi connectivity index (χ0n) is 25.8. The summed E-state index contributed by atoms with van der Waals surface area (Å²) in [5.74, 6) is 1.61. The van der Waals surface area contributed by atoms with Crippen LogP contribution >= 0.6 is 0 Å². The fourth-order valence-corrected chi connectivity index (χ4v) is 12.3. The van der Waals surface area contributed by atoms with Gasteiger partial charge < -0.3 is 0 Å². The van der Waals surface area contributed by atoms with E-state index in [2.05, 4.69) is 0 Å². The SMILES string of the molecule is O=C1C(=O)N(CCC23CC4CC(CC(C4)C2)C3)C(=O)N1CCCCN1C(=O)C(=O)N(CCC23CC4CC(CC(C4)C2)C3)C1=O. The number of carbonyl (C=O) groups excluding carboxylic acids is 6. The predicted octanol–water partition coefficient (Wildman–Crippen LogP) is 4.56. The van der Waals surface area contributed by atoms with E-state index in [0.717, 1.165) is 67.9 Å². The highest BCUT2D eigenvalue weighted by Crippen LogP contribution is 2.62. The Labute approximate surface area is 259 Å². The standard InChI is InChI=1S/C34H46N4O6/c39-27-29(41)37(7-3-33-15-21-9-22(16-33)11-23(10-21)17-33)31(43)35(27)5-1-2-6-36-28(40)30(42)38(32(36)44)8-4-34-18-24-12-25(19-34)14-26(13-24)20-34/h21-26H,1-20H2. The molecule has 8 bridgehead atoms. The Balaban J connectivity index is 0.813. The second-order valence-corrected chi connectivity index (χ2v) is 16.4. The van der Waals surface area contributed by atoms with Crippen molar-refractivity contribution in [3.05, 3.63) is 0 Å². The van der Waals surface area contributed by atoms with Gasteiger partial charge in [-0.1, -0.05) is 0 Å². The van der Waals surface area contributed by atoms with Crippen molar-refractivity contribution in [2.24, 2.45) is 46.3 Å². The number of urea groups is 2. The van der Waals surface area contributed by atoms with Crippen LogP contribution in [0.4, 0.5) is 9.59 Å². The molecule has 10 nitrogen and oxygen atoms in total. The Morgan fingerprint density at radius 1 is 0.409 bits per heavy atom. The topological polar surface area (TPSA) is 115 Å². The number of hydrogen-bond donors (Lipinski definition) is 0. The average Bonchev–Trinajstić information content (AvgIpc) is 3.29. The summed E-state index contributed by atoms with van der Waals surface area (Å²) in [4.78, 5) is 81.6. The van der Waals surface area contributed by atoms with Crippen LogP contribution in [-0.2, 0) is 19.2 Å². The number of rotatable bonds is 11. The maximum absolute atomic E-state index is 13.1. The molecule has 0 radical (unpaired) electrons. The molecule has 8 saturated carbocycles. The summed E-state index contributed by atoms with van der Waals surface area (Å²) in [6.07, 6.45) is 17.3. The lowest BCUT2D eigenvalue weighted by Crippen LogP contribution is -2.47. The molecule has 10 fully saturated rings. The minimum atomic E-state index is -0.792. The van der Waals surface area contributed by atoms with Crippen LogP contribution in [0, 0.1) is 46.3 Å². The predicted molar refractivity (Wildman–Crippen MR) is 157 cm³/mol. The Morgan fingerprint density at radius 3 is 0.932 bits per heavy atom. The molecule has 0 N–H and O–H groups in total. The van der Waals surface area contributed by atoms with Crippen LogP contribution in [0.3, 0.4) is 0 Å². The molecule has 8 aliphatic carbocycles. The van der Waals surface area contributed by atoms with Crippen LogP contribution in [0.2, 0.25) is 0 Å². The van der Waals surface area contributed by atoms with Gasteiger partial charge >= 0.3 is 35.7 Å². The van der Waals surface area contributed by atoms with E-state index < -0.39 is 35.7 Å². The molecule has 0 aromatic heterocycles. The molecule has 0 aromatic rings. The third kappa shape index (κ3) is 4.72. The summed E-state index contributed by atoms with van der Waals surface area (Å²) < 4.78 is 0. The highest BCUT2D eigenvalue weighted by molar-refractivity contribution is 6.45. The van der Waals surface area contributed by atoms with Crippen molar-refractivity contribution in [1.82, 2.24) is 19.6 Å². The lowest BCUT2D eigenvalue weighted by Gasteiger charge is -2.57. The Morgan fingerprint density at radius 2 is 0.659 bits per heavy atom. The fraction of sp³-hybridized carbons (Fsp3) is 0.824. The van der Waals surface area contributed by atoms with E-state index in [1.165, 1.54) is 77.0 Å². The molecule has 0 unspecified atom stereocenters. The molecular formula is C34H46N4O6. The second kappa shape index (κ2) is 10.4. The van der Waals surface area contributed by atoms with Gasteiger partial charge in [-0.2, -0.15) is 0 Å². The van der Waals surface area contributed by atoms with Crippen LogP contribution in [0.25, 0.3) is 0 Å². The van der Waals surface area contributed by atoms with Crippen LogP contribution < -0.4 is 0 Å². The summed E-state index contributed by atoms with van der Waals surface area (Å²) in [6, 6.07) is -1.10. The van der Waals surface area contributed by atoms with Crippen LogP contribution in [0.15, 0.2) is 0 Å². The Kier molecular flexibility index (Phi) is 6.76. The normalized spacial score (nSPS) is 40.6. The molecule has 0 aromatic carbocycles. The molecule has 2 aliphatic heterocycles. The molecule has 10 rings (SSSR count). The van der Waals surface area contributed by atoms with E-state index in [1.54, 1.807) is 0 Å². The monoisotopic (exact) mass is 606 g/mol. The Hall–Kier alpha value is -2.78. The van der Waals surface area contributed by atoms with Crippen molar-refractivity contribution in [3.63, 3.8) is 0 Å². The lowest BCUT2D eigenvalue weighted by molar-refractivity contribution is -0.143. The van der Waals surface area contributed by atoms with Crippen LogP contribution in [-0.4, -0.2) is 81.5 Å². The molecule has 238 valence electrons. The minimum absolute atomic E-state index is 0.0528. The molecule has 44 heavy (non-hydrogen) atoms. The zero-order valence-corrected chi connectivity index (χ0v) is 25.8. The first-order chi connectivity index (χ1) is 21.1. The van der Waals surface area contributed by atoms with E-state index >= 15 is 0 Å². The summed E-state index contributed by atoms with van der Waals surface area (Å²) >= 11 is 0. The number of imide groups is 4. The van der Waals surface area contributed by atoms with Gasteiger partial charge in [-0.05, 0) is 149 Å². The number of hydrogen-bond acceptors (Lipinski definition) is 6. The highest BCUT2D eigenvalue weighted by atomic mass is 16.2. The maximum Gasteiger partial charge on any atom is 0.334 e. The van der Waals surface area contributed by atoms with Gasteiger partial charge in [-0.15, -0.1) is 0 Å². The van der Waals surface area contributed by atoms with E-state index in [1.807, 2.05) is 0 Å². The van der Waals surface area contributed by atoms with E-state index in [4.69, 9.17) is 0 Å². The number of unbranched alkanes of at least 4 members (excludes halogenated alkanes) is 1. The zero-order chi connectivity index (χ0) is 30.4. The van der Waals surface area contributed by atoms with Crippen LogP contribution in [0.1, 0.15) is 103 Å². The third-order valence-corrected chi connectivity index (χ3v) is 13.3. The molecule has 10 aliphatic rings. The summed E-state index contributed by atoms with van der Waals surface area (Å²) in [6.45, 7) is 0.697. The first-order valence-corrected chi connectivity index (χ1v) is 17.5. The molecule has 0 atom stereocenters. The smallest absolute Gasteiger partial charge is 0.263 e. The van der Waals surface area contributed by atoms with Gasteiger partial charge in [-0.3, -0.25) is 38.8 Å². The van der Waals surface area contributed by atoms with Gasteiger partial charge in [0.2, 0.25) is 0 Å². The Bertz CT molecular complexity index is 1140. The van der Waals surface area contributed by atoms with Crippen molar-refractivity contribution in [2.45, 2.75) is 103 Å². The van der Waals surface area contributed by atoms with Gasteiger partial charge in [0, 0.05) is 26.2 Å². The second-order valence-electron chi connectivity index (χ2n) is 16.4. The van der Waals surface area contributed by atoms with Crippen LogP contribution in [0.5, 0.6) is 0 Å². The summed E-state index contributed by atoms with van der Waals surface area (Å²) in [5, 5.41) is 0. The highest BCUT2D eigenvalue weighted by Gasteiger charge is 2.53. The molecule has 10 heteroatoms. The quantitative estimate of drug-likeness (QED) is 0.194. The molecule has 2 saturated heterocycles. The van der Waals surface area contributed by atoms with Crippen molar-refractivity contribution in [3.8, 4) is 0 Å². The van der Waals surface area contributed by atoms with Crippen molar-refractivity contribution in [1.29, 1.82) is 0 Å². The first kappa shape index (κ1) is 28.7. The fourth-order valence-electron chi connectivity index (χ4n) is 12.3. The number of nitrogens with zero attached hydrogens (tertiary/aromatic N) is 4. The molecule has 2 heterocycles. The van der Waals surface area contributed by atoms with Gasteiger partial charge in [-0.25, -0.2) is 9.59 Å². The third-order valence-electron chi connectivity index (χ3n) is 13.3. The summed E-state index contributed by atoms with van der Waals surface area (Å²) in [7, 11) is 0. The van der Waals surface area contributed by atoms with Gasteiger partial charge in [0.1, 0.15) is 0 Å². The first-order valence-electron chi connectivity index (χ1n) is 17.5. The minimum Gasteiger partial charge on any atom is -0.263 e. The van der Waals surface area contributed by atoms with E-state index in [9.17, 15) is 28.8 Å². The van der Waals surface area contributed by atoms with Crippen molar-refractivity contribution >= 4 is 35.7 Å². The van der Waals surface area contributed by atoms with E-state index in [-0.39, 0.29) is 23.9 Å². The summed E-state index contributed by atoms with van der Waals surface area (Å²) in [5.41, 5.74) is 0.419. The average molecular weight is 607 g/mol. The number of carbonyl (C=O) groups is 6. The van der Waals surface area contributed by atoms with Crippen molar-refractivity contribution < 1.29 is 28.8 Å². The van der Waals surface area contributed by atoms with Crippen molar-refractivity contribution in [2.75, 3.05) is 26.2 Å². The largest absolute Gasteiger partial charge is 0.334 e. The molecule has 8 amide bonds. The number of amides is 8. The van der Waals surface area contributed by atoms with Gasteiger partial charge in [0.25, 0.3) is 0 Å². The van der Waals surface area contributed by atoms with Gasteiger partial charge in [0.15, 0.2) is 0 Å². The van der Waals surface area contributed by atoms with Gasteiger partial charge in [0.05, 0.1) is 0 Å².